The Morgan fingerprint density at radius 2 is 1.70 bits per heavy atom. The SMILES string of the molecule is C=C(C)C(=O)O.C=CN1CCCC1=O.CC/C(O)=C(/C)C(=O)O. The first-order valence-corrected chi connectivity index (χ1v) is 7.01. The summed E-state index contributed by atoms with van der Waals surface area (Å²) in [6.45, 7) is 12.0. The molecular formula is C16H25NO6. The van der Waals surface area contributed by atoms with E-state index in [0.29, 0.717) is 12.8 Å². The number of hydrogen-bond donors (Lipinski definition) is 3. The Kier molecular flexibility index (Phi) is 11.9. The first-order chi connectivity index (χ1) is 10.6. The molecular weight excluding hydrogens is 302 g/mol. The lowest BCUT2D eigenvalue weighted by molar-refractivity contribution is -0.133. The summed E-state index contributed by atoms with van der Waals surface area (Å²) in [5.41, 5.74) is 0.201. The lowest BCUT2D eigenvalue weighted by Crippen LogP contribution is -2.16. The van der Waals surface area contributed by atoms with Crippen molar-refractivity contribution in [2.24, 2.45) is 0 Å². The molecule has 0 spiro atoms. The van der Waals surface area contributed by atoms with Crippen molar-refractivity contribution < 1.29 is 29.7 Å². The van der Waals surface area contributed by atoms with E-state index in [9.17, 15) is 14.4 Å². The fraction of sp³-hybridized carbons (Fsp3) is 0.438. The van der Waals surface area contributed by atoms with E-state index < -0.39 is 11.9 Å². The monoisotopic (exact) mass is 327 g/mol. The highest BCUT2D eigenvalue weighted by Crippen LogP contribution is 2.08. The van der Waals surface area contributed by atoms with Gasteiger partial charge in [-0.25, -0.2) is 9.59 Å². The second-order valence-electron chi connectivity index (χ2n) is 4.69. The van der Waals surface area contributed by atoms with Crippen LogP contribution in [-0.2, 0) is 14.4 Å². The van der Waals surface area contributed by atoms with E-state index >= 15 is 0 Å². The van der Waals surface area contributed by atoms with E-state index in [1.807, 2.05) is 0 Å². The highest BCUT2D eigenvalue weighted by Gasteiger charge is 2.16. The van der Waals surface area contributed by atoms with Crippen LogP contribution in [0.2, 0.25) is 0 Å². The number of amides is 1. The third-order valence-electron chi connectivity index (χ3n) is 2.78. The minimum Gasteiger partial charge on any atom is -0.512 e. The van der Waals surface area contributed by atoms with Crippen LogP contribution >= 0.6 is 0 Å². The van der Waals surface area contributed by atoms with Crippen LogP contribution in [0.1, 0.15) is 40.0 Å². The maximum Gasteiger partial charge on any atom is 0.334 e. The average molecular weight is 327 g/mol. The van der Waals surface area contributed by atoms with Crippen molar-refractivity contribution in [3.8, 4) is 0 Å². The van der Waals surface area contributed by atoms with Crippen LogP contribution in [0.25, 0.3) is 0 Å². The Morgan fingerprint density at radius 1 is 1.22 bits per heavy atom. The molecule has 0 aromatic heterocycles. The minimum atomic E-state index is -1.06. The fourth-order valence-corrected chi connectivity index (χ4v) is 1.25. The summed E-state index contributed by atoms with van der Waals surface area (Å²) in [7, 11) is 0. The van der Waals surface area contributed by atoms with Gasteiger partial charge in [0.05, 0.1) is 5.57 Å². The van der Waals surface area contributed by atoms with Crippen LogP contribution in [-0.4, -0.2) is 44.6 Å². The number of carbonyl (C=O) groups excluding carboxylic acids is 1. The Labute approximate surface area is 136 Å². The fourth-order valence-electron chi connectivity index (χ4n) is 1.25. The van der Waals surface area contributed by atoms with Crippen LogP contribution in [0.3, 0.4) is 0 Å². The molecule has 1 fully saturated rings. The van der Waals surface area contributed by atoms with Crippen molar-refractivity contribution in [2.75, 3.05) is 6.54 Å². The Bertz CT molecular complexity index is 481. The lowest BCUT2D eigenvalue weighted by atomic mass is 10.2. The normalized spacial score (nSPS) is 13.7. The van der Waals surface area contributed by atoms with E-state index in [1.54, 1.807) is 18.0 Å². The second kappa shape index (κ2) is 12.0. The standard InChI is InChI=1S/C6H9NO.C6H10O3.C4H6O2/c1-2-7-5-3-4-6(7)8;1-3-5(7)4(2)6(8)9;1-3(2)4(5)6/h2H,1,3-5H2;7H,3H2,1-2H3,(H,8,9);1H2,2H3,(H,5,6)/b;5-4+;. The van der Waals surface area contributed by atoms with Crippen LogP contribution in [0, 0.1) is 0 Å². The Morgan fingerprint density at radius 3 is 1.83 bits per heavy atom. The Balaban J connectivity index is 0. The molecule has 1 amide bonds. The van der Waals surface area contributed by atoms with Gasteiger partial charge in [-0.05, 0) is 26.5 Å². The smallest absolute Gasteiger partial charge is 0.334 e. The summed E-state index contributed by atoms with van der Waals surface area (Å²) in [4.78, 5) is 32.0. The molecule has 23 heavy (non-hydrogen) atoms. The number of hydrogen-bond acceptors (Lipinski definition) is 4. The number of carboxylic acids is 2. The first-order valence-electron chi connectivity index (χ1n) is 7.01. The summed E-state index contributed by atoms with van der Waals surface area (Å²) in [5.74, 6) is -1.84. The number of aliphatic carboxylic acids is 2. The molecule has 130 valence electrons. The summed E-state index contributed by atoms with van der Waals surface area (Å²) in [6.07, 6.45) is 3.66. The van der Waals surface area contributed by atoms with Crippen molar-refractivity contribution >= 4 is 17.8 Å². The third kappa shape index (κ3) is 10.8. The van der Waals surface area contributed by atoms with Gasteiger partial charge in [-0.3, -0.25) is 4.79 Å². The van der Waals surface area contributed by atoms with Crippen molar-refractivity contribution in [3.63, 3.8) is 0 Å². The number of carboxylic acid groups (broad SMARTS) is 2. The molecule has 0 aliphatic carbocycles. The van der Waals surface area contributed by atoms with Crippen LogP contribution in [0.5, 0.6) is 0 Å². The number of aliphatic hydroxyl groups excluding tert-OH is 1. The van der Waals surface area contributed by atoms with Crippen LogP contribution < -0.4 is 0 Å². The van der Waals surface area contributed by atoms with Gasteiger partial charge < -0.3 is 20.2 Å². The van der Waals surface area contributed by atoms with Crippen molar-refractivity contribution in [3.05, 3.63) is 36.3 Å². The van der Waals surface area contributed by atoms with E-state index in [-0.39, 0.29) is 22.8 Å². The van der Waals surface area contributed by atoms with E-state index in [2.05, 4.69) is 13.2 Å². The van der Waals surface area contributed by atoms with Crippen molar-refractivity contribution in [1.82, 2.24) is 4.90 Å². The number of rotatable bonds is 4. The number of allylic oxidation sites excluding steroid dienone is 1. The molecule has 7 heteroatoms. The second-order valence-corrected chi connectivity index (χ2v) is 4.69. The molecule has 0 unspecified atom stereocenters. The van der Waals surface area contributed by atoms with Gasteiger partial charge in [-0.2, -0.15) is 0 Å². The number of likely N-dealkylation sites (tertiary alicyclic amines) is 1. The average Bonchev–Trinajstić information content (AvgIpc) is 2.91. The van der Waals surface area contributed by atoms with Gasteiger partial charge in [0, 0.05) is 25.0 Å². The summed E-state index contributed by atoms with van der Waals surface area (Å²) in [6, 6.07) is 0. The number of aliphatic hydroxyl groups is 1. The zero-order chi connectivity index (χ0) is 18.6. The summed E-state index contributed by atoms with van der Waals surface area (Å²) >= 11 is 0. The molecule has 0 saturated carbocycles. The highest BCUT2D eigenvalue weighted by molar-refractivity contribution is 5.86. The van der Waals surface area contributed by atoms with Gasteiger partial charge in [0.15, 0.2) is 0 Å². The van der Waals surface area contributed by atoms with Gasteiger partial charge >= 0.3 is 11.9 Å². The van der Waals surface area contributed by atoms with Gasteiger partial charge in [0.25, 0.3) is 0 Å². The quantitative estimate of drug-likeness (QED) is 0.540. The minimum absolute atomic E-state index is 0.0255. The largest absolute Gasteiger partial charge is 0.512 e. The molecule has 0 bridgehead atoms. The Hall–Kier alpha value is -2.57. The number of carbonyl (C=O) groups is 3. The predicted molar refractivity (Wildman–Crippen MR) is 86.8 cm³/mol. The zero-order valence-electron chi connectivity index (χ0n) is 13.8. The van der Waals surface area contributed by atoms with Gasteiger partial charge in [0.1, 0.15) is 5.76 Å². The molecule has 1 saturated heterocycles. The highest BCUT2D eigenvalue weighted by atomic mass is 16.4. The summed E-state index contributed by atoms with van der Waals surface area (Å²) in [5, 5.41) is 25.0. The van der Waals surface area contributed by atoms with Crippen molar-refractivity contribution in [1.29, 1.82) is 0 Å². The predicted octanol–water partition coefficient (Wildman–Crippen LogP) is 2.71. The van der Waals surface area contributed by atoms with E-state index in [4.69, 9.17) is 15.3 Å². The van der Waals surface area contributed by atoms with E-state index in [1.165, 1.54) is 13.8 Å². The first kappa shape index (κ1) is 22.7. The molecule has 3 N–H and O–H groups in total. The molecule has 0 aromatic carbocycles. The molecule has 1 rings (SSSR count). The van der Waals surface area contributed by atoms with Crippen LogP contribution in [0.15, 0.2) is 36.3 Å². The summed E-state index contributed by atoms with van der Waals surface area (Å²) < 4.78 is 0. The molecule has 1 heterocycles. The molecule has 0 radical (unpaired) electrons. The molecule has 0 atom stereocenters. The molecule has 1 aliphatic rings. The van der Waals surface area contributed by atoms with Crippen LogP contribution in [0.4, 0.5) is 0 Å². The van der Waals surface area contributed by atoms with Crippen molar-refractivity contribution in [2.45, 2.75) is 40.0 Å². The van der Waals surface area contributed by atoms with Gasteiger partial charge in [-0.1, -0.05) is 20.1 Å². The topological polar surface area (TPSA) is 115 Å². The maximum atomic E-state index is 10.7. The number of nitrogens with zero attached hydrogens (tertiary/aromatic N) is 1. The lowest BCUT2D eigenvalue weighted by Gasteiger charge is -2.05. The molecule has 1 aliphatic heterocycles. The van der Waals surface area contributed by atoms with Gasteiger partial charge in [-0.15, -0.1) is 0 Å². The third-order valence-corrected chi connectivity index (χ3v) is 2.78. The van der Waals surface area contributed by atoms with Gasteiger partial charge in [0.2, 0.25) is 5.91 Å². The maximum absolute atomic E-state index is 10.7. The molecule has 7 nitrogen and oxygen atoms in total. The molecule has 0 aromatic rings. The zero-order valence-corrected chi connectivity index (χ0v) is 13.8. The van der Waals surface area contributed by atoms with E-state index in [0.717, 1.165) is 13.0 Å².